The number of pyridine rings is 1. The molecule has 0 radical (unpaired) electrons. The average molecular weight is 360 g/mol. The first-order valence-electron chi connectivity index (χ1n) is 5.40. The van der Waals surface area contributed by atoms with Gasteiger partial charge in [-0.1, -0.05) is 11.6 Å². The maximum atomic E-state index is 12.1. The van der Waals surface area contributed by atoms with Gasteiger partial charge >= 0.3 is 0 Å². The first kappa shape index (κ1) is 14.6. The third-order valence-electron chi connectivity index (χ3n) is 2.64. The van der Waals surface area contributed by atoms with Crippen LogP contribution in [0.5, 0.6) is 0 Å². The quantitative estimate of drug-likeness (QED) is 0.619. The molecule has 2 aromatic heterocycles. The summed E-state index contributed by atoms with van der Waals surface area (Å²) in [6, 6.07) is 0. The number of nitrogens with zero attached hydrogens (tertiary/aromatic N) is 4. The second-order valence-electron chi connectivity index (χ2n) is 3.97. The van der Waals surface area contributed by atoms with E-state index in [9.17, 15) is 14.9 Å². The third kappa shape index (κ3) is 2.86. The van der Waals surface area contributed by atoms with Gasteiger partial charge in [-0.2, -0.15) is 0 Å². The van der Waals surface area contributed by atoms with Crippen molar-refractivity contribution in [3.05, 3.63) is 59.9 Å². The molecule has 0 aliphatic carbocycles. The van der Waals surface area contributed by atoms with Crippen molar-refractivity contribution in [2.75, 3.05) is 0 Å². The van der Waals surface area contributed by atoms with Crippen LogP contribution in [-0.4, -0.2) is 19.5 Å². The van der Waals surface area contributed by atoms with Crippen molar-refractivity contribution >= 4 is 33.2 Å². The van der Waals surface area contributed by atoms with Crippen LogP contribution >= 0.6 is 27.5 Å². The van der Waals surface area contributed by atoms with E-state index in [0.29, 0.717) is 11.3 Å². The number of hydrogen-bond acceptors (Lipinski definition) is 5. The summed E-state index contributed by atoms with van der Waals surface area (Å²) in [4.78, 5) is 30.3. The van der Waals surface area contributed by atoms with E-state index < -0.39 is 4.92 Å². The molecule has 0 amide bonds. The Labute approximate surface area is 126 Å². The lowest BCUT2D eigenvalue weighted by Crippen LogP contribution is -2.23. The lowest BCUT2D eigenvalue weighted by Gasteiger charge is -2.08. The molecule has 7 nitrogen and oxygen atoms in total. The van der Waals surface area contributed by atoms with Gasteiger partial charge in [-0.15, -0.1) is 0 Å². The van der Waals surface area contributed by atoms with E-state index in [2.05, 4.69) is 25.9 Å². The predicted molar refractivity (Wildman–Crippen MR) is 75.9 cm³/mol. The summed E-state index contributed by atoms with van der Waals surface area (Å²) in [6.45, 7) is 1.58. The Hall–Kier alpha value is -1.80. The molecule has 0 unspecified atom stereocenters. The molecule has 2 aromatic rings. The second kappa shape index (κ2) is 5.68. The van der Waals surface area contributed by atoms with Crippen molar-refractivity contribution < 1.29 is 4.92 Å². The van der Waals surface area contributed by atoms with Gasteiger partial charge in [0.2, 0.25) is 0 Å². The number of halogens is 2. The fraction of sp³-hybridized carbons (Fsp3) is 0.182. The van der Waals surface area contributed by atoms with Gasteiger partial charge in [0, 0.05) is 5.56 Å². The molecule has 9 heteroatoms. The molecular formula is C11H8BrClN4O3. The van der Waals surface area contributed by atoms with Gasteiger partial charge in [-0.3, -0.25) is 19.9 Å². The Kier molecular flexibility index (Phi) is 4.15. The van der Waals surface area contributed by atoms with E-state index in [1.807, 2.05) is 0 Å². The lowest BCUT2D eigenvalue weighted by atomic mass is 10.2. The second-order valence-corrected chi connectivity index (χ2v) is 5.15. The first-order chi connectivity index (χ1) is 9.40. The largest absolute Gasteiger partial charge is 0.302 e. The van der Waals surface area contributed by atoms with Crippen molar-refractivity contribution in [3.63, 3.8) is 0 Å². The highest BCUT2D eigenvalue weighted by Gasteiger charge is 2.18. The van der Waals surface area contributed by atoms with E-state index >= 15 is 0 Å². The summed E-state index contributed by atoms with van der Waals surface area (Å²) in [5.74, 6) is 0. The summed E-state index contributed by atoms with van der Waals surface area (Å²) >= 11 is 8.70. The summed E-state index contributed by atoms with van der Waals surface area (Å²) < 4.78 is 1.36. The van der Waals surface area contributed by atoms with E-state index in [1.54, 1.807) is 0 Å². The van der Waals surface area contributed by atoms with Gasteiger partial charge in [0.15, 0.2) is 0 Å². The van der Waals surface area contributed by atoms with Crippen LogP contribution in [0.3, 0.4) is 0 Å². The zero-order valence-corrected chi connectivity index (χ0v) is 12.6. The molecule has 20 heavy (non-hydrogen) atoms. The van der Waals surface area contributed by atoms with E-state index in [1.165, 1.54) is 30.1 Å². The highest BCUT2D eigenvalue weighted by molar-refractivity contribution is 9.10. The van der Waals surface area contributed by atoms with Crippen LogP contribution < -0.4 is 5.56 Å². The average Bonchev–Trinajstić information content (AvgIpc) is 2.41. The van der Waals surface area contributed by atoms with E-state index in [0.717, 1.165) is 0 Å². The van der Waals surface area contributed by atoms with Gasteiger partial charge in [-0.05, 0) is 22.9 Å². The van der Waals surface area contributed by atoms with Crippen molar-refractivity contribution in [1.82, 2.24) is 14.5 Å². The molecule has 0 spiro atoms. The summed E-state index contributed by atoms with van der Waals surface area (Å²) in [5.41, 5.74) is 0.253. The van der Waals surface area contributed by atoms with Crippen molar-refractivity contribution in [2.45, 2.75) is 13.5 Å². The summed E-state index contributed by atoms with van der Waals surface area (Å²) in [6.07, 6.45) is 3.95. The van der Waals surface area contributed by atoms with Crippen LogP contribution in [0, 0.1) is 17.0 Å². The molecule has 0 aromatic carbocycles. The Balaban J connectivity index is 2.49. The van der Waals surface area contributed by atoms with Gasteiger partial charge in [0.05, 0.1) is 40.2 Å². The number of nitro groups is 1. The molecule has 0 N–H and O–H groups in total. The van der Waals surface area contributed by atoms with Crippen molar-refractivity contribution in [1.29, 1.82) is 0 Å². The highest BCUT2D eigenvalue weighted by atomic mass is 79.9. The minimum atomic E-state index is -0.538. The van der Waals surface area contributed by atoms with Crippen LogP contribution in [0.1, 0.15) is 11.3 Å². The van der Waals surface area contributed by atoms with E-state index in [4.69, 9.17) is 11.6 Å². The van der Waals surface area contributed by atoms with Gasteiger partial charge in [-0.25, -0.2) is 4.98 Å². The minimum absolute atomic E-state index is 0.0721. The smallest absolute Gasteiger partial charge is 0.289 e. The maximum absolute atomic E-state index is 12.1. The Morgan fingerprint density at radius 2 is 2.15 bits per heavy atom. The zero-order valence-electron chi connectivity index (χ0n) is 10.2. The molecule has 104 valence electrons. The molecule has 0 fully saturated rings. The maximum Gasteiger partial charge on any atom is 0.289 e. The zero-order chi connectivity index (χ0) is 14.9. The van der Waals surface area contributed by atoms with Crippen LogP contribution in [-0.2, 0) is 6.54 Å². The SMILES string of the molecule is Cc1c([N+](=O)[O-])cn(Cc2cnc(Cl)cn2)c(=O)c1Br. The minimum Gasteiger partial charge on any atom is -0.302 e. The van der Waals surface area contributed by atoms with Gasteiger partial charge in [0.25, 0.3) is 11.2 Å². The van der Waals surface area contributed by atoms with Crippen LogP contribution in [0.15, 0.2) is 27.9 Å². The molecule has 0 aliphatic rings. The van der Waals surface area contributed by atoms with Gasteiger partial charge < -0.3 is 4.57 Å². The fourth-order valence-corrected chi connectivity index (χ4v) is 2.13. The topological polar surface area (TPSA) is 90.9 Å². The van der Waals surface area contributed by atoms with Crippen molar-refractivity contribution in [2.24, 2.45) is 0 Å². The highest BCUT2D eigenvalue weighted by Crippen LogP contribution is 2.22. The molecule has 0 saturated carbocycles. The van der Waals surface area contributed by atoms with E-state index in [-0.39, 0.29) is 27.4 Å². The van der Waals surface area contributed by atoms with Gasteiger partial charge in [0.1, 0.15) is 5.15 Å². The Morgan fingerprint density at radius 3 is 2.70 bits per heavy atom. The van der Waals surface area contributed by atoms with Crippen LogP contribution in [0.25, 0.3) is 0 Å². The third-order valence-corrected chi connectivity index (χ3v) is 3.77. The Morgan fingerprint density at radius 1 is 1.45 bits per heavy atom. The molecular weight excluding hydrogens is 352 g/mol. The molecule has 0 atom stereocenters. The Bertz CT molecular complexity index is 730. The van der Waals surface area contributed by atoms with Crippen LogP contribution in [0.2, 0.25) is 5.15 Å². The predicted octanol–water partition coefficient (Wildman–Crippen LogP) is 2.32. The summed E-state index contributed by atoms with van der Waals surface area (Å²) in [7, 11) is 0. The molecule has 0 saturated heterocycles. The molecule has 2 rings (SSSR count). The normalized spacial score (nSPS) is 10.6. The monoisotopic (exact) mass is 358 g/mol. The summed E-state index contributed by atoms with van der Waals surface area (Å²) in [5, 5.41) is 11.2. The fourth-order valence-electron chi connectivity index (χ4n) is 1.60. The molecule has 2 heterocycles. The van der Waals surface area contributed by atoms with Crippen molar-refractivity contribution in [3.8, 4) is 0 Å². The molecule has 0 bridgehead atoms. The number of aromatic nitrogens is 3. The molecule has 0 aliphatic heterocycles. The standard InChI is InChI=1S/C11H8BrClN4O3/c1-6-8(17(19)20)5-16(11(18)10(6)12)4-7-2-15-9(13)3-14-7/h2-3,5H,4H2,1H3. The first-order valence-corrected chi connectivity index (χ1v) is 6.57. The number of hydrogen-bond donors (Lipinski definition) is 0. The van der Waals surface area contributed by atoms with Crippen LogP contribution in [0.4, 0.5) is 5.69 Å². The number of rotatable bonds is 3. The lowest BCUT2D eigenvalue weighted by molar-refractivity contribution is -0.386.